The third kappa shape index (κ3) is 6.14. The van der Waals surface area contributed by atoms with Crippen molar-refractivity contribution in [3.63, 3.8) is 0 Å². The minimum atomic E-state index is -1.15. The number of amides is 1. The van der Waals surface area contributed by atoms with Gasteiger partial charge < -0.3 is 20.1 Å². The van der Waals surface area contributed by atoms with E-state index in [4.69, 9.17) is 15.2 Å². The number of rotatable bonds is 7. The van der Waals surface area contributed by atoms with Crippen LogP contribution in [0.5, 0.6) is 11.5 Å². The van der Waals surface area contributed by atoms with E-state index in [2.05, 4.69) is 9.97 Å². The summed E-state index contributed by atoms with van der Waals surface area (Å²) in [6.07, 6.45) is 3.70. The molecule has 0 saturated carbocycles. The van der Waals surface area contributed by atoms with E-state index in [1.807, 2.05) is 45.9 Å². The van der Waals surface area contributed by atoms with Crippen LogP contribution in [0.3, 0.4) is 0 Å². The van der Waals surface area contributed by atoms with Gasteiger partial charge in [-0.15, -0.1) is 11.3 Å². The highest BCUT2D eigenvalue weighted by Crippen LogP contribution is 2.39. The molecule has 0 aliphatic carbocycles. The summed E-state index contributed by atoms with van der Waals surface area (Å²) < 4.78 is 40.0. The molecule has 37 heavy (non-hydrogen) atoms. The lowest BCUT2D eigenvalue weighted by Crippen LogP contribution is -2.36. The maximum atomic E-state index is 14.3. The van der Waals surface area contributed by atoms with Crippen LogP contribution in [0.25, 0.3) is 20.8 Å². The fourth-order valence-electron chi connectivity index (χ4n) is 3.58. The van der Waals surface area contributed by atoms with Gasteiger partial charge in [0.2, 0.25) is 5.82 Å². The Balaban J connectivity index is 1.55. The van der Waals surface area contributed by atoms with Crippen molar-refractivity contribution in [3.8, 4) is 22.1 Å². The zero-order chi connectivity index (χ0) is 26.7. The summed E-state index contributed by atoms with van der Waals surface area (Å²) >= 11 is 1.37. The highest BCUT2D eigenvalue weighted by atomic mass is 32.1. The number of hydrogen-bond donors (Lipinski definition) is 1. The molecular formula is C27H28F2N4O3S. The van der Waals surface area contributed by atoms with Gasteiger partial charge in [-0.3, -0.25) is 9.97 Å². The Hall–Kier alpha value is -3.79. The van der Waals surface area contributed by atoms with E-state index in [0.29, 0.717) is 34.7 Å². The molecule has 0 atom stereocenters. The van der Waals surface area contributed by atoms with Gasteiger partial charge in [0.15, 0.2) is 11.6 Å². The van der Waals surface area contributed by atoms with E-state index in [0.717, 1.165) is 16.9 Å². The van der Waals surface area contributed by atoms with Crippen molar-refractivity contribution in [1.29, 1.82) is 0 Å². The van der Waals surface area contributed by atoms with Crippen LogP contribution in [0.2, 0.25) is 0 Å². The van der Waals surface area contributed by atoms with Gasteiger partial charge in [-0.05, 0) is 57.0 Å². The molecule has 4 aromatic rings. The van der Waals surface area contributed by atoms with E-state index in [1.165, 1.54) is 29.7 Å². The molecule has 0 bridgehead atoms. The number of benzene rings is 1. The predicted octanol–water partition coefficient (Wildman–Crippen LogP) is 7.16. The Morgan fingerprint density at radius 3 is 2.54 bits per heavy atom. The fraction of sp³-hybridized carbons (Fsp3) is 0.296. The molecule has 1 amide bonds. The molecule has 0 spiro atoms. The Kier molecular flexibility index (Phi) is 7.58. The quantitative estimate of drug-likeness (QED) is 0.257. The Morgan fingerprint density at radius 1 is 1.08 bits per heavy atom. The number of thiophene rings is 1. The number of fused-ring (bicyclic) bond motifs is 1. The largest absolute Gasteiger partial charge is 0.453 e. The van der Waals surface area contributed by atoms with Crippen molar-refractivity contribution in [1.82, 2.24) is 14.9 Å². The van der Waals surface area contributed by atoms with Gasteiger partial charge in [0.25, 0.3) is 0 Å². The average molecular weight is 527 g/mol. The summed E-state index contributed by atoms with van der Waals surface area (Å²) in [5.41, 5.74) is 6.77. The van der Waals surface area contributed by atoms with E-state index in [1.54, 1.807) is 17.2 Å². The molecule has 194 valence electrons. The van der Waals surface area contributed by atoms with Crippen LogP contribution in [0.4, 0.5) is 19.3 Å². The highest BCUT2D eigenvalue weighted by Gasteiger charge is 2.22. The van der Waals surface area contributed by atoms with E-state index < -0.39 is 17.2 Å². The summed E-state index contributed by atoms with van der Waals surface area (Å²) in [6, 6.07) is 9.77. The van der Waals surface area contributed by atoms with Crippen LogP contribution in [0.1, 0.15) is 39.7 Å². The summed E-state index contributed by atoms with van der Waals surface area (Å²) in [7, 11) is 0. The smallest absolute Gasteiger partial charge is 0.410 e. The van der Waals surface area contributed by atoms with Crippen LogP contribution < -0.4 is 10.5 Å². The maximum absolute atomic E-state index is 14.3. The fourth-order valence-corrected chi connectivity index (χ4v) is 4.62. The van der Waals surface area contributed by atoms with Crippen molar-refractivity contribution in [2.24, 2.45) is 0 Å². The molecule has 1 aromatic carbocycles. The van der Waals surface area contributed by atoms with E-state index >= 15 is 0 Å². The van der Waals surface area contributed by atoms with Gasteiger partial charge in [0, 0.05) is 25.0 Å². The van der Waals surface area contributed by atoms with Crippen LogP contribution in [-0.4, -0.2) is 33.1 Å². The number of pyridine rings is 2. The minimum absolute atomic E-state index is 0.266. The lowest BCUT2D eigenvalue weighted by atomic mass is 10.2. The number of halogens is 2. The predicted molar refractivity (Wildman–Crippen MR) is 141 cm³/mol. The van der Waals surface area contributed by atoms with Crippen LogP contribution >= 0.6 is 11.3 Å². The standard InChI is InChI=1S/C27H28F2N4O3S/c1-5-12-33(26(34)36-27(2,3)4)15-16-6-8-18(32-14-16)22-13-19-25(37-22)21(10-11-31-19)35-20-9-7-17(30)23(28)24(20)29/h6-11,13-14H,5,12,15,30H2,1-4H3. The van der Waals surface area contributed by atoms with Crippen LogP contribution in [-0.2, 0) is 11.3 Å². The first kappa shape index (κ1) is 26.3. The molecule has 7 nitrogen and oxygen atoms in total. The number of aromatic nitrogens is 2. The van der Waals surface area contributed by atoms with E-state index in [9.17, 15) is 13.6 Å². The van der Waals surface area contributed by atoms with E-state index in [-0.39, 0.29) is 17.5 Å². The molecule has 4 rings (SSSR count). The zero-order valence-corrected chi connectivity index (χ0v) is 21.9. The average Bonchev–Trinajstić information content (AvgIpc) is 3.29. The zero-order valence-electron chi connectivity index (χ0n) is 21.0. The Labute approximate surface area is 217 Å². The molecule has 3 aromatic heterocycles. The number of nitrogen functional groups attached to an aromatic ring is 1. The number of ether oxygens (including phenoxy) is 2. The summed E-state index contributed by atoms with van der Waals surface area (Å²) in [5, 5.41) is 0. The summed E-state index contributed by atoms with van der Waals surface area (Å²) in [5.74, 6) is -2.22. The highest BCUT2D eigenvalue weighted by molar-refractivity contribution is 7.22. The molecule has 0 radical (unpaired) electrons. The normalized spacial score (nSPS) is 11.5. The first-order valence-corrected chi connectivity index (χ1v) is 12.6. The van der Waals surface area contributed by atoms with Crippen LogP contribution in [0, 0.1) is 11.6 Å². The van der Waals surface area contributed by atoms with Crippen molar-refractivity contribution >= 4 is 33.3 Å². The lowest BCUT2D eigenvalue weighted by Gasteiger charge is -2.27. The molecular weight excluding hydrogens is 498 g/mol. The molecule has 2 N–H and O–H groups in total. The number of nitrogens with zero attached hydrogens (tertiary/aromatic N) is 3. The number of hydrogen-bond acceptors (Lipinski definition) is 7. The van der Waals surface area contributed by atoms with Crippen molar-refractivity contribution in [2.75, 3.05) is 12.3 Å². The molecule has 10 heteroatoms. The van der Waals surface area contributed by atoms with Gasteiger partial charge in [0.1, 0.15) is 11.4 Å². The van der Waals surface area contributed by atoms with Gasteiger partial charge >= 0.3 is 6.09 Å². The molecule has 0 aliphatic heterocycles. The second-order valence-corrected chi connectivity index (χ2v) is 10.5. The molecule has 0 saturated heterocycles. The number of anilines is 1. The van der Waals surface area contributed by atoms with Gasteiger partial charge in [0.05, 0.1) is 33.0 Å². The Bertz CT molecular complexity index is 1420. The SMILES string of the molecule is CCCN(Cc1ccc(-c2cc3nccc(Oc4ccc(N)c(F)c4F)c3s2)nc1)C(=O)OC(C)(C)C. The van der Waals surface area contributed by atoms with Gasteiger partial charge in [-0.2, -0.15) is 4.39 Å². The van der Waals surface area contributed by atoms with Crippen molar-refractivity contribution in [3.05, 3.63) is 66.0 Å². The Morgan fingerprint density at radius 2 is 1.86 bits per heavy atom. The summed E-state index contributed by atoms with van der Waals surface area (Å²) in [6.45, 7) is 8.47. The second-order valence-electron chi connectivity index (χ2n) is 9.47. The first-order valence-electron chi connectivity index (χ1n) is 11.8. The molecule has 0 aliphatic rings. The van der Waals surface area contributed by atoms with Crippen molar-refractivity contribution < 1.29 is 23.0 Å². The third-order valence-corrected chi connectivity index (χ3v) is 6.43. The number of carbonyl (C=O) groups is 1. The maximum Gasteiger partial charge on any atom is 0.410 e. The topological polar surface area (TPSA) is 90.6 Å². The minimum Gasteiger partial charge on any atom is -0.453 e. The first-order chi connectivity index (χ1) is 17.6. The molecule has 3 heterocycles. The molecule has 0 fully saturated rings. The monoisotopic (exact) mass is 526 g/mol. The van der Waals surface area contributed by atoms with Gasteiger partial charge in [-0.1, -0.05) is 13.0 Å². The van der Waals surface area contributed by atoms with Crippen molar-refractivity contribution in [2.45, 2.75) is 46.3 Å². The lowest BCUT2D eigenvalue weighted by molar-refractivity contribution is 0.0233. The summed E-state index contributed by atoms with van der Waals surface area (Å²) in [4.78, 5) is 24.0. The third-order valence-electron chi connectivity index (χ3n) is 5.27. The van der Waals surface area contributed by atoms with Gasteiger partial charge in [-0.25, -0.2) is 9.18 Å². The van der Waals surface area contributed by atoms with Crippen LogP contribution in [0.15, 0.2) is 48.8 Å². The number of carbonyl (C=O) groups excluding carboxylic acids is 1. The number of nitrogens with two attached hydrogens (primary N) is 1. The second kappa shape index (κ2) is 10.7. The molecule has 0 unspecified atom stereocenters.